The summed E-state index contributed by atoms with van der Waals surface area (Å²) in [6.45, 7) is 10.1. The SMILES string of the molecule is Cc1nc(CN2C[C@@H]3CN(Cc4c(C)noc4C)C[C@@H]3C2=O)cs1.O=C(O)C(F)(F)F. The van der Waals surface area contributed by atoms with Crippen LogP contribution in [0.25, 0.3) is 0 Å². The van der Waals surface area contributed by atoms with E-state index in [1.807, 2.05) is 25.7 Å². The number of fused-ring (bicyclic) bond motifs is 1. The van der Waals surface area contributed by atoms with Gasteiger partial charge in [-0.15, -0.1) is 11.3 Å². The minimum Gasteiger partial charge on any atom is -0.475 e. The van der Waals surface area contributed by atoms with Gasteiger partial charge in [0, 0.05) is 43.0 Å². The van der Waals surface area contributed by atoms with E-state index in [4.69, 9.17) is 14.4 Å². The Hall–Kier alpha value is -2.47. The molecule has 0 aromatic carbocycles. The molecule has 12 heteroatoms. The van der Waals surface area contributed by atoms with Crippen molar-refractivity contribution in [3.05, 3.63) is 33.1 Å². The second kappa shape index (κ2) is 8.95. The Kier molecular flexibility index (Phi) is 6.70. The number of nitrogens with zero attached hydrogens (tertiary/aromatic N) is 4. The lowest BCUT2D eigenvalue weighted by atomic mass is 10.0. The molecule has 0 bridgehead atoms. The molecular weight excluding hydrogens is 437 g/mol. The molecule has 2 fully saturated rings. The van der Waals surface area contributed by atoms with Gasteiger partial charge in [0.05, 0.1) is 28.9 Å². The Labute approximate surface area is 180 Å². The van der Waals surface area contributed by atoms with Crippen LogP contribution in [0, 0.1) is 32.6 Å². The number of likely N-dealkylation sites (tertiary alicyclic amines) is 2. The zero-order chi connectivity index (χ0) is 22.9. The molecule has 2 saturated heterocycles. The van der Waals surface area contributed by atoms with Gasteiger partial charge in [-0.25, -0.2) is 9.78 Å². The lowest BCUT2D eigenvalue weighted by Crippen LogP contribution is -2.32. The van der Waals surface area contributed by atoms with Gasteiger partial charge in [-0.05, 0) is 20.8 Å². The molecular formula is C19H23F3N4O4S. The molecule has 8 nitrogen and oxygen atoms in total. The smallest absolute Gasteiger partial charge is 0.475 e. The summed E-state index contributed by atoms with van der Waals surface area (Å²) in [5.74, 6) is -1.03. The van der Waals surface area contributed by atoms with Crippen molar-refractivity contribution in [2.45, 2.75) is 40.0 Å². The van der Waals surface area contributed by atoms with Gasteiger partial charge in [0.15, 0.2) is 0 Å². The Morgan fingerprint density at radius 3 is 2.42 bits per heavy atom. The molecule has 2 atom stereocenters. The maximum absolute atomic E-state index is 12.7. The van der Waals surface area contributed by atoms with Crippen molar-refractivity contribution in [1.82, 2.24) is 19.9 Å². The molecule has 0 radical (unpaired) electrons. The van der Waals surface area contributed by atoms with Crippen molar-refractivity contribution >= 4 is 23.2 Å². The fourth-order valence-electron chi connectivity index (χ4n) is 3.93. The average Bonchev–Trinajstić information content (AvgIpc) is 3.40. The molecule has 2 aliphatic rings. The van der Waals surface area contributed by atoms with Crippen LogP contribution in [0.3, 0.4) is 0 Å². The third-order valence-corrected chi connectivity index (χ3v) is 6.25. The number of aromatic nitrogens is 2. The highest BCUT2D eigenvalue weighted by atomic mass is 32.1. The summed E-state index contributed by atoms with van der Waals surface area (Å²) in [6.07, 6.45) is -5.08. The zero-order valence-corrected chi connectivity index (χ0v) is 18.1. The largest absolute Gasteiger partial charge is 0.490 e. The molecule has 1 amide bonds. The molecule has 2 aromatic heterocycles. The molecule has 4 rings (SSSR count). The first-order valence-electron chi connectivity index (χ1n) is 9.59. The first-order chi connectivity index (χ1) is 14.5. The van der Waals surface area contributed by atoms with E-state index in [-0.39, 0.29) is 11.8 Å². The van der Waals surface area contributed by atoms with Crippen molar-refractivity contribution in [2.75, 3.05) is 19.6 Å². The molecule has 2 aromatic rings. The third kappa shape index (κ3) is 5.42. The number of carboxylic acid groups (broad SMARTS) is 1. The Balaban J connectivity index is 0.000000339. The summed E-state index contributed by atoms with van der Waals surface area (Å²) in [5.41, 5.74) is 3.13. The predicted molar refractivity (Wildman–Crippen MR) is 104 cm³/mol. The fourth-order valence-corrected chi connectivity index (χ4v) is 4.54. The second-order valence-corrected chi connectivity index (χ2v) is 8.81. The number of halogens is 3. The van der Waals surface area contributed by atoms with E-state index in [1.54, 1.807) is 11.3 Å². The van der Waals surface area contributed by atoms with E-state index in [0.29, 0.717) is 12.5 Å². The first kappa shape index (κ1) is 23.2. The summed E-state index contributed by atoms with van der Waals surface area (Å²) >= 11 is 1.64. The number of hydrogen-bond donors (Lipinski definition) is 1. The molecule has 1 N–H and O–H groups in total. The van der Waals surface area contributed by atoms with Gasteiger partial charge in [-0.2, -0.15) is 13.2 Å². The van der Waals surface area contributed by atoms with Crippen LogP contribution in [0.2, 0.25) is 0 Å². The van der Waals surface area contributed by atoms with Gasteiger partial charge in [-0.1, -0.05) is 5.16 Å². The highest BCUT2D eigenvalue weighted by Crippen LogP contribution is 2.34. The van der Waals surface area contributed by atoms with E-state index < -0.39 is 12.1 Å². The highest BCUT2D eigenvalue weighted by molar-refractivity contribution is 7.09. The number of thiazole rings is 1. The maximum atomic E-state index is 12.7. The zero-order valence-electron chi connectivity index (χ0n) is 17.3. The highest BCUT2D eigenvalue weighted by Gasteiger charge is 2.46. The lowest BCUT2D eigenvalue weighted by Gasteiger charge is -2.21. The fraction of sp³-hybridized carbons (Fsp3) is 0.579. The average molecular weight is 460 g/mol. The van der Waals surface area contributed by atoms with E-state index in [0.717, 1.165) is 53.9 Å². The normalized spacial score (nSPS) is 21.2. The molecule has 31 heavy (non-hydrogen) atoms. The van der Waals surface area contributed by atoms with Crippen LogP contribution in [-0.2, 0) is 22.7 Å². The summed E-state index contributed by atoms with van der Waals surface area (Å²) in [5, 5.41) is 14.3. The minimum absolute atomic E-state index is 0.130. The monoisotopic (exact) mass is 460 g/mol. The molecule has 0 spiro atoms. The van der Waals surface area contributed by atoms with Gasteiger partial charge in [0.2, 0.25) is 5.91 Å². The Morgan fingerprint density at radius 1 is 1.26 bits per heavy atom. The van der Waals surface area contributed by atoms with Gasteiger partial charge in [0.25, 0.3) is 0 Å². The van der Waals surface area contributed by atoms with Crippen LogP contribution in [0.15, 0.2) is 9.90 Å². The third-order valence-electron chi connectivity index (χ3n) is 5.43. The van der Waals surface area contributed by atoms with Crippen molar-refractivity contribution < 1.29 is 32.4 Å². The van der Waals surface area contributed by atoms with Crippen molar-refractivity contribution in [1.29, 1.82) is 0 Å². The topological polar surface area (TPSA) is 99.8 Å². The van der Waals surface area contributed by atoms with Gasteiger partial charge in [-0.3, -0.25) is 9.69 Å². The number of carboxylic acids is 1. The number of aryl methyl sites for hydroxylation is 3. The van der Waals surface area contributed by atoms with E-state index >= 15 is 0 Å². The quantitative estimate of drug-likeness (QED) is 0.749. The second-order valence-electron chi connectivity index (χ2n) is 7.74. The number of carbonyl (C=O) groups is 2. The lowest BCUT2D eigenvalue weighted by molar-refractivity contribution is -0.192. The van der Waals surface area contributed by atoms with Crippen molar-refractivity contribution in [3.8, 4) is 0 Å². The molecule has 170 valence electrons. The minimum atomic E-state index is -5.08. The molecule has 0 unspecified atom stereocenters. The van der Waals surface area contributed by atoms with Crippen LogP contribution >= 0.6 is 11.3 Å². The molecule has 0 saturated carbocycles. The summed E-state index contributed by atoms with van der Waals surface area (Å²) in [4.78, 5) is 30.5. The van der Waals surface area contributed by atoms with E-state index in [1.165, 1.54) is 0 Å². The molecule has 2 aliphatic heterocycles. The number of carbonyl (C=O) groups excluding carboxylic acids is 1. The summed E-state index contributed by atoms with van der Waals surface area (Å²) in [6, 6.07) is 0. The van der Waals surface area contributed by atoms with Gasteiger partial charge < -0.3 is 14.5 Å². The van der Waals surface area contributed by atoms with Gasteiger partial charge in [0.1, 0.15) is 5.76 Å². The standard InChI is InChI=1S/C17H22N4O2S.C2HF3O2/c1-10-15(11(2)23-19-10)7-20-4-13-5-21(17(22)16(13)8-20)6-14-9-24-12(3)18-14;3-2(4,5)1(6)7/h9,13,16H,4-8H2,1-3H3;(H,6,7)/t13-,16-;/m0./s1. The van der Waals surface area contributed by atoms with Crippen LogP contribution < -0.4 is 0 Å². The van der Waals surface area contributed by atoms with Crippen molar-refractivity contribution in [2.24, 2.45) is 11.8 Å². The number of aliphatic carboxylic acids is 1. The number of amides is 1. The predicted octanol–water partition coefficient (Wildman–Crippen LogP) is 2.78. The van der Waals surface area contributed by atoms with Crippen LogP contribution in [-0.4, -0.2) is 62.7 Å². The van der Waals surface area contributed by atoms with E-state index in [9.17, 15) is 18.0 Å². The van der Waals surface area contributed by atoms with Gasteiger partial charge >= 0.3 is 12.1 Å². The Bertz CT molecular complexity index is 939. The van der Waals surface area contributed by atoms with Crippen LogP contribution in [0.4, 0.5) is 13.2 Å². The number of alkyl halides is 3. The Morgan fingerprint density at radius 2 is 1.94 bits per heavy atom. The van der Waals surface area contributed by atoms with E-state index in [2.05, 4.69) is 20.4 Å². The summed E-state index contributed by atoms with van der Waals surface area (Å²) in [7, 11) is 0. The van der Waals surface area contributed by atoms with Crippen LogP contribution in [0.1, 0.15) is 27.7 Å². The molecule has 0 aliphatic carbocycles. The molecule has 4 heterocycles. The summed E-state index contributed by atoms with van der Waals surface area (Å²) < 4.78 is 37.0. The first-order valence-corrected chi connectivity index (χ1v) is 10.5. The maximum Gasteiger partial charge on any atom is 0.490 e. The number of rotatable bonds is 4. The van der Waals surface area contributed by atoms with Crippen molar-refractivity contribution in [3.63, 3.8) is 0 Å². The number of hydrogen-bond acceptors (Lipinski definition) is 7. The van der Waals surface area contributed by atoms with Crippen LogP contribution in [0.5, 0.6) is 0 Å².